The molecule has 6 atom stereocenters. The van der Waals surface area contributed by atoms with Crippen molar-refractivity contribution in [3.05, 3.63) is 59.7 Å². The van der Waals surface area contributed by atoms with Gasteiger partial charge >= 0.3 is 0 Å². The van der Waals surface area contributed by atoms with E-state index in [1.54, 1.807) is 48.5 Å². The van der Waals surface area contributed by atoms with Crippen LogP contribution in [0, 0.1) is 0 Å². The molecule has 1 heterocycles. The highest BCUT2D eigenvalue weighted by Gasteiger charge is 2.44. The van der Waals surface area contributed by atoms with Gasteiger partial charge < -0.3 is 40.1 Å². The average Bonchev–Trinajstić information content (AvgIpc) is 2.83. The predicted molar refractivity (Wildman–Crippen MR) is 121 cm³/mol. The second-order valence-electron chi connectivity index (χ2n) is 8.57. The summed E-state index contributed by atoms with van der Waals surface area (Å²) in [6.07, 6.45) is -6.03. The van der Waals surface area contributed by atoms with E-state index in [1.807, 2.05) is 0 Å². The fraction of sp³-hybridized carbons (Fsp3) is 0.480. The normalized spacial score (nSPS) is 25.7. The molecular formula is C25H32O9. The molecule has 9 heteroatoms. The standard InChI is InChI=1S/C25H32O9/c26-14-21-22(30)23(31)24(32)25(34-21)33-20(12-6-16-3-9-18(28)10-4-16)13-19(29)11-5-15-1-7-17(27)8-2-15/h1-4,7-10,20-28,30-32H,5-6,11-14H2/t20-,21+,22+,23-,24+,25-/m0/s1. The van der Waals surface area contributed by atoms with Gasteiger partial charge in [0.15, 0.2) is 6.29 Å². The number of ether oxygens (including phenoxy) is 2. The van der Waals surface area contributed by atoms with Gasteiger partial charge in [-0.2, -0.15) is 0 Å². The summed E-state index contributed by atoms with van der Waals surface area (Å²) in [5, 5.41) is 58.6. The summed E-state index contributed by atoms with van der Waals surface area (Å²) in [5.41, 5.74) is 1.82. The first kappa shape index (κ1) is 26.1. The molecular weight excluding hydrogens is 444 g/mol. The second kappa shape index (κ2) is 12.3. The fourth-order valence-corrected chi connectivity index (χ4v) is 3.88. The van der Waals surface area contributed by atoms with Gasteiger partial charge in [0.05, 0.1) is 12.7 Å². The van der Waals surface area contributed by atoms with Gasteiger partial charge in [0.2, 0.25) is 0 Å². The lowest BCUT2D eigenvalue weighted by Crippen LogP contribution is -2.59. The van der Waals surface area contributed by atoms with Crippen LogP contribution in [0.3, 0.4) is 0 Å². The highest BCUT2D eigenvalue weighted by molar-refractivity contribution is 5.79. The van der Waals surface area contributed by atoms with Crippen LogP contribution in [-0.4, -0.2) is 79.8 Å². The molecule has 0 bridgehead atoms. The van der Waals surface area contributed by atoms with Crippen LogP contribution in [0.25, 0.3) is 0 Å². The quantitative estimate of drug-likeness (QED) is 0.276. The van der Waals surface area contributed by atoms with Gasteiger partial charge in [-0.3, -0.25) is 4.79 Å². The van der Waals surface area contributed by atoms with Crippen molar-refractivity contribution in [2.45, 2.75) is 68.9 Å². The lowest BCUT2D eigenvalue weighted by molar-refractivity contribution is -0.311. The largest absolute Gasteiger partial charge is 0.508 e. The number of aliphatic hydroxyl groups excluding tert-OH is 4. The zero-order valence-corrected chi connectivity index (χ0v) is 18.7. The van der Waals surface area contributed by atoms with Crippen molar-refractivity contribution in [2.75, 3.05) is 6.61 Å². The van der Waals surface area contributed by atoms with Gasteiger partial charge in [-0.25, -0.2) is 0 Å². The number of hydrogen-bond acceptors (Lipinski definition) is 9. The molecule has 3 rings (SSSR count). The number of ketones is 1. The van der Waals surface area contributed by atoms with Crippen molar-refractivity contribution in [2.24, 2.45) is 0 Å². The van der Waals surface area contributed by atoms with E-state index in [2.05, 4.69) is 0 Å². The number of hydrogen-bond donors (Lipinski definition) is 6. The summed E-state index contributed by atoms with van der Waals surface area (Å²) in [4.78, 5) is 12.7. The van der Waals surface area contributed by atoms with Crippen molar-refractivity contribution in [3.63, 3.8) is 0 Å². The third kappa shape index (κ3) is 7.23. The van der Waals surface area contributed by atoms with Crippen molar-refractivity contribution in [3.8, 4) is 11.5 Å². The first-order valence-electron chi connectivity index (χ1n) is 11.3. The van der Waals surface area contributed by atoms with E-state index >= 15 is 0 Å². The van der Waals surface area contributed by atoms with E-state index in [0.717, 1.165) is 11.1 Å². The highest BCUT2D eigenvalue weighted by Crippen LogP contribution is 2.25. The van der Waals surface area contributed by atoms with Gasteiger partial charge in [-0.15, -0.1) is 0 Å². The maximum atomic E-state index is 12.7. The Balaban J connectivity index is 1.64. The SMILES string of the molecule is O=C(CCc1ccc(O)cc1)C[C@H](CCc1ccc(O)cc1)O[C@H]1O[C@H](CO)[C@@H](O)[C@H](O)[C@H]1O. The number of aliphatic hydroxyl groups is 4. The van der Waals surface area contributed by atoms with E-state index < -0.39 is 43.4 Å². The molecule has 186 valence electrons. The zero-order chi connectivity index (χ0) is 24.7. The number of benzene rings is 2. The van der Waals surface area contributed by atoms with Crippen molar-refractivity contribution in [1.29, 1.82) is 0 Å². The summed E-state index contributed by atoms with van der Waals surface area (Å²) in [6.45, 7) is -0.575. The second-order valence-corrected chi connectivity index (χ2v) is 8.57. The molecule has 0 aromatic heterocycles. The van der Waals surface area contributed by atoms with Gasteiger partial charge in [-0.1, -0.05) is 24.3 Å². The molecule has 0 unspecified atom stereocenters. The average molecular weight is 477 g/mol. The number of carbonyl (C=O) groups excluding carboxylic acids is 1. The summed E-state index contributed by atoms with van der Waals surface area (Å²) in [5.74, 6) is 0.216. The number of phenols is 2. The fourth-order valence-electron chi connectivity index (χ4n) is 3.88. The third-order valence-electron chi connectivity index (χ3n) is 5.95. The van der Waals surface area contributed by atoms with Crippen LogP contribution in [0.2, 0.25) is 0 Å². The number of carbonyl (C=O) groups is 1. The van der Waals surface area contributed by atoms with Gasteiger partial charge in [0, 0.05) is 12.8 Å². The molecule has 0 saturated carbocycles. The molecule has 2 aromatic rings. The summed E-state index contributed by atoms with van der Waals surface area (Å²) >= 11 is 0. The number of Topliss-reactive ketones (excluding diaryl/α,β-unsaturated/α-hetero) is 1. The first-order valence-corrected chi connectivity index (χ1v) is 11.3. The van der Waals surface area contributed by atoms with E-state index in [1.165, 1.54) is 0 Å². The van der Waals surface area contributed by atoms with Gasteiger partial charge in [0.25, 0.3) is 0 Å². The Labute approximate surface area is 197 Å². The van der Waals surface area contributed by atoms with Crippen LogP contribution < -0.4 is 0 Å². The van der Waals surface area contributed by atoms with Crippen LogP contribution in [0.15, 0.2) is 48.5 Å². The minimum Gasteiger partial charge on any atom is -0.508 e. The smallest absolute Gasteiger partial charge is 0.186 e. The number of aromatic hydroxyl groups is 2. The van der Waals surface area contributed by atoms with Crippen LogP contribution in [-0.2, 0) is 27.1 Å². The Bertz CT molecular complexity index is 898. The molecule has 1 saturated heterocycles. The molecule has 1 fully saturated rings. The van der Waals surface area contributed by atoms with Crippen molar-refractivity contribution in [1.82, 2.24) is 0 Å². The maximum Gasteiger partial charge on any atom is 0.186 e. The topological polar surface area (TPSA) is 157 Å². The van der Waals surface area contributed by atoms with Crippen molar-refractivity contribution < 1.29 is 44.9 Å². The number of aryl methyl sites for hydroxylation is 2. The Morgan fingerprint density at radius 1 is 0.853 bits per heavy atom. The Hall–Kier alpha value is -2.53. The van der Waals surface area contributed by atoms with Crippen LogP contribution >= 0.6 is 0 Å². The Morgan fingerprint density at radius 2 is 1.41 bits per heavy atom. The number of rotatable bonds is 11. The Kier molecular flexibility index (Phi) is 9.40. The van der Waals surface area contributed by atoms with E-state index in [-0.39, 0.29) is 30.1 Å². The summed E-state index contributed by atoms with van der Waals surface area (Å²) in [6, 6.07) is 13.2. The molecule has 0 amide bonds. The minimum absolute atomic E-state index is 0.0329. The molecule has 2 aromatic carbocycles. The molecule has 1 aliphatic heterocycles. The van der Waals surface area contributed by atoms with E-state index in [4.69, 9.17) is 9.47 Å². The third-order valence-corrected chi connectivity index (χ3v) is 5.95. The predicted octanol–water partition coefficient (Wildman–Crippen LogP) is 0.807. The number of phenolic OH excluding ortho intramolecular Hbond substituents is 2. The maximum absolute atomic E-state index is 12.7. The molecule has 1 aliphatic rings. The lowest BCUT2D eigenvalue weighted by Gasteiger charge is -2.40. The monoisotopic (exact) mass is 476 g/mol. The molecule has 6 N–H and O–H groups in total. The van der Waals surface area contributed by atoms with Crippen LogP contribution in [0.4, 0.5) is 0 Å². The van der Waals surface area contributed by atoms with Crippen LogP contribution in [0.1, 0.15) is 30.4 Å². The molecule has 0 radical (unpaired) electrons. The minimum atomic E-state index is -1.57. The Morgan fingerprint density at radius 3 is 1.97 bits per heavy atom. The highest BCUT2D eigenvalue weighted by atomic mass is 16.7. The summed E-state index contributed by atoms with van der Waals surface area (Å²) in [7, 11) is 0. The van der Waals surface area contributed by atoms with E-state index in [9.17, 15) is 35.4 Å². The van der Waals surface area contributed by atoms with Crippen LogP contribution in [0.5, 0.6) is 11.5 Å². The lowest BCUT2D eigenvalue weighted by atomic mass is 9.98. The van der Waals surface area contributed by atoms with Crippen molar-refractivity contribution >= 4 is 5.78 Å². The van der Waals surface area contributed by atoms with Gasteiger partial charge in [0.1, 0.15) is 41.7 Å². The molecule has 0 aliphatic carbocycles. The molecule has 9 nitrogen and oxygen atoms in total. The van der Waals surface area contributed by atoms with Gasteiger partial charge in [-0.05, 0) is 54.7 Å². The van der Waals surface area contributed by atoms with E-state index in [0.29, 0.717) is 19.3 Å². The summed E-state index contributed by atoms with van der Waals surface area (Å²) < 4.78 is 11.3. The molecule has 34 heavy (non-hydrogen) atoms. The first-order chi connectivity index (χ1) is 16.3. The molecule has 0 spiro atoms. The zero-order valence-electron chi connectivity index (χ0n) is 18.7.